The fourth-order valence-electron chi connectivity index (χ4n) is 7.07. The molecule has 2 fully saturated rings. The van der Waals surface area contributed by atoms with Crippen LogP contribution in [0.5, 0.6) is 0 Å². The smallest absolute Gasteiger partial charge is 0.408 e. The number of carbonyl (C=O) groups excluding carboxylic acids is 6. The standard InChI is InChI=1S/C41H50N6O7/c1-5-31(43-40(53)54-41(2,3)4)36(49)45-34-29(25-42-39(52)46-35(48)28-19-13-8-14-20-28)21-22-30-23-24-32(47(30)38(34)51)37(50)44-33(26-15-9-6-10-16-26)27-17-11-7-12-18-27/h6-20,29-34H,5,21-25H2,1-4H3,(H,43,53)(H,44,50)(H,45,49)(H2,42,46,48,52)/t29-,30+,31+,32+,34?/m1/s1. The first-order chi connectivity index (χ1) is 25.8. The third kappa shape index (κ3) is 10.2. The minimum Gasteiger partial charge on any atom is -0.444 e. The van der Waals surface area contributed by atoms with Crippen LogP contribution in [0.4, 0.5) is 9.59 Å². The highest BCUT2D eigenvalue weighted by atomic mass is 16.6. The van der Waals surface area contributed by atoms with Crippen molar-refractivity contribution in [3.63, 3.8) is 0 Å². The molecule has 5 N–H and O–H groups in total. The summed E-state index contributed by atoms with van der Waals surface area (Å²) in [6.45, 7) is 6.79. The topological polar surface area (TPSA) is 175 Å². The number of urea groups is 1. The van der Waals surface area contributed by atoms with Crippen molar-refractivity contribution in [2.45, 2.75) is 95.6 Å². The van der Waals surface area contributed by atoms with E-state index in [4.69, 9.17) is 4.74 Å². The number of benzene rings is 3. The Morgan fingerprint density at radius 2 is 1.37 bits per heavy atom. The van der Waals surface area contributed by atoms with Crippen LogP contribution in [-0.2, 0) is 19.1 Å². The normalized spacial score (nSPS) is 20.2. The van der Waals surface area contributed by atoms with Crippen molar-refractivity contribution in [2.24, 2.45) is 5.92 Å². The van der Waals surface area contributed by atoms with E-state index in [1.807, 2.05) is 60.7 Å². The van der Waals surface area contributed by atoms with Gasteiger partial charge in [0, 0.05) is 24.1 Å². The van der Waals surface area contributed by atoms with Crippen LogP contribution in [0.15, 0.2) is 91.0 Å². The Kier molecular flexibility index (Phi) is 13.1. The molecule has 0 spiro atoms. The lowest BCUT2D eigenvalue weighted by molar-refractivity contribution is -0.143. The zero-order valence-electron chi connectivity index (χ0n) is 31.2. The molecule has 2 heterocycles. The zero-order valence-corrected chi connectivity index (χ0v) is 31.2. The molecule has 0 radical (unpaired) electrons. The van der Waals surface area contributed by atoms with Crippen LogP contribution < -0.4 is 26.6 Å². The Morgan fingerprint density at radius 3 is 1.94 bits per heavy atom. The molecule has 286 valence electrons. The molecule has 2 saturated heterocycles. The number of alkyl carbamates (subject to hydrolysis) is 1. The van der Waals surface area contributed by atoms with Gasteiger partial charge in [0.1, 0.15) is 23.7 Å². The first-order valence-electron chi connectivity index (χ1n) is 18.5. The number of amides is 7. The second-order valence-corrected chi connectivity index (χ2v) is 14.7. The highest BCUT2D eigenvalue weighted by Gasteiger charge is 2.48. The van der Waals surface area contributed by atoms with Gasteiger partial charge in [-0.1, -0.05) is 85.8 Å². The van der Waals surface area contributed by atoms with E-state index in [-0.39, 0.29) is 24.9 Å². The molecule has 3 aromatic rings. The molecule has 13 heteroatoms. The quantitative estimate of drug-likeness (QED) is 0.191. The molecule has 0 aliphatic carbocycles. The molecule has 2 aliphatic heterocycles. The lowest BCUT2D eigenvalue weighted by Gasteiger charge is -2.33. The molecule has 2 aliphatic rings. The van der Waals surface area contributed by atoms with Crippen LogP contribution in [-0.4, -0.2) is 77.0 Å². The summed E-state index contributed by atoms with van der Waals surface area (Å²) >= 11 is 0. The summed E-state index contributed by atoms with van der Waals surface area (Å²) < 4.78 is 5.36. The number of nitrogens with one attached hydrogen (secondary N) is 5. The van der Waals surface area contributed by atoms with Crippen LogP contribution in [0, 0.1) is 5.92 Å². The fourth-order valence-corrected chi connectivity index (χ4v) is 7.07. The second kappa shape index (κ2) is 17.9. The Bertz CT molecular complexity index is 1740. The van der Waals surface area contributed by atoms with Gasteiger partial charge in [-0.15, -0.1) is 0 Å². The number of hydrogen-bond acceptors (Lipinski definition) is 7. The van der Waals surface area contributed by atoms with Gasteiger partial charge in [0.15, 0.2) is 0 Å². The molecule has 5 rings (SSSR count). The van der Waals surface area contributed by atoms with Gasteiger partial charge in [-0.2, -0.15) is 0 Å². The van der Waals surface area contributed by atoms with E-state index < -0.39 is 65.5 Å². The van der Waals surface area contributed by atoms with Gasteiger partial charge in [0.2, 0.25) is 17.7 Å². The first-order valence-corrected chi connectivity index (χ1v) is 18.5. The molecular weight excluding hydrogens is 688 g/mol. The Hall–Kier alpha value is -5.72. The Morgan fingerprint density at radius 1 is 0.796 bits per heavy atom. The summed E-state index contributed by atoms with van der Waals surface area (Å²) in [5, 5.41) is 13.7. The molecule has 1 unspecified atom stereocenters. The monoisotopic (exact) mass is 738 g/mol. The number of nitrogens with zero attached hydrogens (tertiary/aromatic N) is 1. The minimum absolute atomic E-state index is 0.0532. The Balaban J connectivity index is 1.37. The van der Waals surface area contributed by atoms with E-state index in [2.05, 4.69) is 26.6 Å². The number of imide groups is 1. The SMILES string of the molecule is CC[C@H](NC(=O)OC(C)(C)C)C(=O)NC1C(=O)N2[C@@H](CC[C@@H]1CNC(=O)NC(=O)c1ccccc1)CC[C@H]2C(=O)NC(c1ccccc1)c1ccccc1. The maximum absolute atomic E-state index is 14.7. The molecule has 0 saturated carbocycles. The summed E-state index contributed by atoms with van der Waals surface area (Å²) in [6, 6.07) is 23.0. The van der Waals surface area contributed by atoms with Gasteiger partial charge in [-0.3, -0.25) is 24.5 Å². The maximum Gasteiger partial charge on any atom is 0.408 e. The van der Waals surface area contributed by atoms with E-state index in [9.17, 15) is 28.8 Å². The number of ether oxygens (including phenoxy) is 1. The van der Waals surface area contributed by atoms with Gasteiger partial charge in [-0.05, 0) is 76.1 Å². The average Bonchev–Trinajstić information content (AvgIpc) is 3.54. The second-order valence-electron chi connectivity index (χ2n) is 14.7. The van der Waals surface area contributed by atoms with E-state index >= 15 is 0 Å². The number of carbonyl (C=O) groups is 6. The number of fused-ring (bicyclic) bond motifs is 1. The summed E-state index contributed by atoms with van der Waals surface area (Å²) in [7, 11) is 0. The lowest BCUT2D eigenvalue weighted by Crippen LogP contribution is -2.60. The van der Waals surface area contributed by atoms with E-state index in [0.29, 0.717) is 31.2 Å². The molecule has 7 amide bonds. The van der Waals surface area contributed by atoms with Crippen molar-refractivity contribution in [1.82, 2.24) is 31.5 Å². The highest BCUT2D eigenvalue weighted by Crippen LogP contribution is 2.35. The lowest BCUT2D eigenvalue weighted by atomic mass is 9.92. The van der Waals surface area contributed by atoms with Crippen molar-refractivity contribution < 1.29 is 33.5 Å². The van der Waals surface area contributed by atoms with E-state index in [1.165, 1.54) is 0 Å². The molecule has 0 aromatic heterocycles. The van der Waals surface area contributed by atoms with Gasteiger partial charge in [0.05, 0.1) is 6.04 Å². The number of hydrogen-bond donors (Lipinski definition) is 5. The highest BCUT2D eigenvalue weighted by molar-refractivity contribution is 6.04. The predicted octanol–water partition coefficient (Wildman–Crippen LogP) is 4.59. The van der Waals surface area contributed by atoms with Crippen molar-refractivity contribution >= 4 is 35.8 Å². The van der Waals surface area contributed by atoms with Crippen LogP contribution in [0.3, 0.4) is 0 Å². The maximum atomic E-state index is 14.7. The molecule has 5 atom stereocenters. The Labute approximate surface area is 316 Å². The molecular formula is C41H50N6O7. The van der Waals surface area contributed by atoms with Crippen LogP contribution in [0.2, 0.25) is 0 Å². The zero-order chi connectivity index (χ0) is 38.8. The largest absolute Gasteiger partial charge is 0.444 e. The van der Waals surface area contributed by atoms with Crippen molar-refractivity contribution in [3.05, 3.63) is 108 Å². The third-order valence-electron chi connectivity index (χ3n) is 9.72. The molecule has 0 bridgehead atoms. The van der Waals surface area contributed by atoms with E-state index in [1.54, 1.807) is 62.9 Å². The fraction of sp³-hybridized carbons (Fsp3) is 0.415. The molecule has 13 nitrogen and oxygen atoms in total. The summed E-state index contributed by atoms with van der Waals surface area (Å²) in [5.74, 6) is -2.58. The predicted molar refractivity (Wildman–Crippen MR) is 202 cm³/mol. The van der Waals surface area contributed by atoms with Gasteiger partial charge < -0.3 is 30.9 Å². The van der Waals surface area contributed by atoms with Crippen molar-refractivity contribution in [2.75, 3.05) is 6.54 Å². The summed E-state index contributed by atoms with van der Waals surface area (Å²) in [6.07, 6.45) is 1.38. The summed E-state index contributed by atoms with van der Waals surface area (Å²) in [5.41, 5.74) is 1.28. The molecule has 54 heavy (non-hydrogen) atoms. The van der Waals surface area contributed by atoms with Gasteiger partial charge >= 0.3 is 12.1 Å². The van der Waals surface area contributed by atoms with E-state index in [0.717, 1.165) is 11.1 Å². The van der Waals surface area contributed by atoms with Crippen LogP contribution >= 0.6 is 0 Å². The van der Waals surface area contributed by atoms with Crippen LogP contribution in [0.1, 0.15) is 87.3 Å². The summed E-state index contributed by atoms with van der Waals surface area (Å²) in [4.78, 5) is 82.4. The van der Waals surface area contributed by atoms with Crippen LogP contribution in [0.25, 0.3) is 0 Å². The number of rotatable bonds is 11. The molecule has 3 aromatic carbocycles. The van der Waals surface area contributed by atoms with Gasteiger partial charge in [0.25, 0.3) is 5.91 Å². The third-order valence-corrected chi connectivity index (χ3v) is 9.72. The first kappa shape index (κ1) is 39.5. The van der Waals surface area contributed by atoms with Crippen molar-refractivity contribution in [3.8, 4) is 0 Å². The minimum atomic E-state index is -1.16. The average molecular weight is 739 g/mol. The van der Waals surface area contributed by atoms with Crippen molar-refractivity contribution in [1.29, 1.82) is 0 Å². The van der Waals surface area contributed by atoms with Gasteiger partial charge in [-0.25, -0.2) is 9.59 Å².